The number of methoxy groups -OCH3 is 1. The van der Waals surface area contributed by atoms with Crippen LogP contribution in [0.25, 0.3) is 0 Å². The quantitative estimate of drug-likeness (QED) is 0.499. The monoisotopic (exact) mass is 231 g/mol. The standard InChI is InChI=1S/C10H21N3O3/c1-3-4-8(7-16-2)13-10(15)6-12-9(14)5-11/h8H,3-7,11H2,1-2H3,(H,12,14)(H,13,15). The van der Waals surface area contributed by atoms with Crippen LogP contribution < -0.4 is 16.4 Å². The second kappa shape index (κ2) is 9.11. The summed E-state index contributed by atoms with van der Waals surface area (Å²) in [5.74, 6) is -0.564. The van der Waals surface area contributed by atoms with E-state index in [0.717, 1.165) is 12.8 Å². The molecule has 0 aromatic carbocycles. The molecule has 1 atom stereocenters. The van der Waals surface area contributed by atoms with Crippen molar-refractivity contribution in [2.24, 2.45) is 5.73 Å². The summed E-state index contributed by atoms with van der Waals surface area (Å²) in [6.45, 7) is 2.36. The van der Waals surface area contributed by atoms with E-state index in [1.54, 1.807) is 7.11 Å². The maximum atomic E-state index is 11.4. The Bertz CT molecular complexity index is 215. The van der Waals surface area contributed by atoms with Gasteiger partial charge in [-0.25, -0.2) is 0 Å². The van der Waals surface area contributed by atoms with Crippen molar-refractivity contribution < 1.29 is 14.3 Å². The van der Waals surface area contributed by atoms with E-state index < -0.39 is 0 Å². The number of rotatable bonds is 8. The zero-order chi connectivity index (χ0) is 12.4. The molecular formula is C10H21N3O3. The van der Waals surface area contributed by atoms with Crippen LogP contribution in [0.3, 0.4) is 0 Å². The highest BCUT2D eigenvalue weighted by Crippen LogP contribution is 1.96. The molecule has 0 spiro atoms. The molecule has 0 aliphatic heterocycles. The average molecular weight is 231 g/mol. The normalized spacial score (nSPS) is 11.9. The smallest absolute Gasteiger partial charge is 0.239 e. The lowest BCUT2D eigenvalue weighted by Crippen LogP contribution is -2.44. The first-order valence-corrected chi connectivity index (χ1v) is 5.39. The Morgan fingerprint density at radius 1 is 1.38 bits per heavy atom. The van der Waals surface area contributed by atoms with Crippen molar-refractivity contribution in [3.05, 3.63) is 0 Å². The number of carbonyl (C=O) groups is 2. The molecule has 16 heavy (non-hydrogen) atoms. The maximum Gasteiger partial charge on any atom is 0.239 e. The summed E-state index contributed by atoms with van der Waals surface area (Å²) in [4.78, 5) is 22.2. The van der Waals surface area contributed by atoms with Crippen LogP contribution in [0.5, 0.6) is 0 Å². The van der Waals surface area contributed by atoms with Crippen molar-refractivity contribution in [2.45, 2.75) is 25.8 Å². The number of amides is 2. The van der Waals surface area contributed by atoms with E-state index >= 15 is 0 Å². The third kappa shape index (κ3) is 7.19. The summed E-state index contributed by atoms with van der Waals surface area (Å²) in [6, 6.07) is -0.00252. The summed E-state index contributed by atoms with van der Waals surface area (Å²) in [5, 5.41) is 5.18. The Morgan fingerprint density at radius 2 is 2.06 bits per heavy atom. The van der Waals surface area contributed by atoms with E-state index in [1.165, 1.54) is 0 Å². The van der Waals surface area contributed by atoms with Crippen LogP contribution in [0.15, 0.2) is 0 Å². The van der Waals surface area contributed by atoms with Gasteiger partial charge in [-0.05, 0) is 6.42 Å². The van der Waals surface area contributed by atoms with Crippen LogP contribution in [0.2, 0.25) is 0 Å². The Morgan fingerprint density at radius 3 is 2.56 bits per heavy atom. The molecule has 0 aromatic rings. The molecular weight excluding hydrogens is 210 g/mol. The molecule has 6 heteroatoms. The Balaban J connectivity index is 3.85. The summed E-state index contributed by atoms with van der Waals surface area (Å²) in [7, 11) is 1.59. The lowest BCUT2D eigenvalue weighted by atomic mass is 10.2. The van der Waals surface area contributed by atoms with Gasteiger partial charge in [0, 0.05) is 7.11 Å². The molecule has 0 saturated carbocycles. The first-order chi connectivity index (χ1) is 7.63. The van der Waals surface area contributed by atoms with Crippen LogP contribution in [-0.2, 0) is 14.3 Å². The molecule has 0 heterocycles. The number of nitrogens with one attached hydrogen (secondary N) is 2. The average Bonchev–Trinajstić information content (AvgIpc) is 2.26. The molecule has 0 aliphatic rings. The highest BCUT2D eigenvalue weighted by atomic mass is 16.5. The van der Waals surface area contributed by atoms with E-state index in [2.05, 4.69) is 10.6 Å². The van der Waals surface area contributed by atoms with Crippen molar-refractivity contribution in [2.75, 3.05) is 26.8 Å². The van der Waals surface area contributed by atoms with Gasteiger partial charge in [0.15, 0.2) is 0 Å². The first-order valence-electron chi connectivity index (χ1n) is 5.39. The van der Waals surface area contributed by atoms with Crippen LogP contribution in [0, 0.1) is 0 Å². The Labute approximate surface area is 95.9 Å². The fraction of sp³-hybridized carbons (Fsp3) is 0.800. The lowest BCUT2D eigenvalue weighted by Gasteiger charge is -2.17. The van der Waals surface area contributed by atoms with Gasteiger partial charge in [0.2, 0.25) is 11.8 Å². The minimum absolute atomic E-state index is 0.00252. The number of ether oxygens (including phenoxy) is 1. The maximum absolute atomic E-state index is 11.4. The van der Waals surface area contributed by atoms with Gasteiger partial charge < -0.3 is 21.1 Å². The van der Waals surface area contributed by atoms with Gasteiger partial charge >= 0.3 is 0 Å². The molecule has 1 unspecified atom stereocenters. The van der Waals surface area contributed by atoms with Gasteiger partial charge in [0.05, 0.1) is 25.7 Å². The molecule has 0 rings (SSSR count). The van der Waals surface area contributed by atoms with E-state index in [0.29, 0.717) is 6.61 Å². The Kier molecular flexibility index (Phi) is 8.46. The predicted octanol–water partition coefficient (Wildman–Crippen LogP) is -1.01. The second-order valence-corrected chi connectivity index (χ2v) is 3.49. The van der Waals surface area contributed by atoms with Crippen molar-refractivity contribution in [3.63, 3.8) is 0 Å². The molecule has 0 bridgehead atoms. The molecule has 0 aliphatic carbocycles. The van der Waals surface area contributed by atoms with E-state index in [4.69, 9.17) is 10.5 Å². The van der Waals surface area contributed by atoms with Crippen LogP contribution in [0.4, 0.5) is 0 Å². The van der Waals surface area contributed by atoms with Gasteiger partial charge in [-0.3, -0.25) is 9.59 Å². The van der Waals surface area contributed by atoms with Crippen molar-refractivity contribution >= 4 is 11.8 Å². The third-order valence-corrected chi connectivity index (χ3v) is 2.00. The number of carbonyl (C=O) groups excluding carboxylic acids is 2. The molecule has 0 radical (unpaired) electrons. The highest BCUT2D eigenvalue weighted by Gasteiger charge is 2.11. The minimum Gasteiger partial charge on any atom is -0.383 e. The molecule has 94 valence electrons. The van der Waals surface area contributed by atoms with Crippen LogP contribution in [0.1, 0.15) is 19.8 Å². The fourth-order valence-corrected chi connectivity index (χ4v) is 1.28. The number of nitrogens with two attached hydrogens (primary N) is 1. The molecule has 4 N–H and O–H groups in total. The number of hydrogen-bond acceptors (Lipinski definition) is 4. The molecule has 2 amide bonds. The van der Waals surface area contributed by atoms with E-state index in [-0.39, 0.29) is 30.9 Å². The van der Waals surface area contributed by atoms with Gasteiger partial charge in [0.1, 0.15) is 0 Å². The summed E-state index contributed by atoms with van der Waals surface area (Å²) in [6.07, 6.45) is 1.81. The van der Waals surface area contributed by atoms with Crippen molar-refractivity contribution in [1.29, 1.82) is 0 Å². The van der Waals surface area contributed by atoms with Gasteiger partial charge in [0.25, 0.3) is 0 Å². The van der Waals surface area contributed by atoms with Crippen molar-refractivity contribution in [3.8, 4) is 0 Å². The lowest BCUT2D eigenvalue weighted by molar-refractivity contribution is -0.126. The Hall–Kier alpha value is -1.14. The molecule has 0 aromatic heterocycles. The van der Waals surface area contributed by atoms with Gasteiger partial charge in [-0.15, -0.1) is 0 Å². The highest BCUT2D eigenvalue weighted by molar-refractivity contribution is 5.85. The molecule has 0 fully saturated rings. The zero-order valence-corrected chi connectivity index (χ0v) is 9.91. The number of hydrogen-bond donors (Lipinski definition) is 3. The predicted molar refractivity (Wildman–Crippen MR) is 60.8 cm³/mol. The summed E-state index contributed by atoms with van der Waals surface area (Å²) >= 11 is 0. The summed E-state index contributed by atoms with van der Waals surface area (Å²) in [5.41, 5.74) is 5.09. The SMILES string of the molecule is CCCC(COC)NC(=O)CNC(=O)CN. The summed E-state index contributed by atoms with van der Waals surface area (Å²) < 4.78 is 4.98. The van der Waals surface area contributed by atoms with E-state index in [1.807, 2.05) is 6.92 Å². The molecule has 6 nitrogen and oxygen atoms in total. The first kappa shape index (κ1) is 14.9. The van der Waals surface area contributed by atoms with Gasteiger partial charge in [-0.1, -0.05) is 13.3 Å². The third-order valence-electron chi connectivity index (χ3n) is 2.00. The second-order valence-electron chi connectivity index (χ2n) is 3.49. The molecule has 0 saturated heterocycles. The van der Waals surface area contributed by atoms with Gasteiger partial charge in [-0.2, -0.15) is 0 Å². The van der Waals surface area contributed by atoms with E-state index in [9.17, 15) is 9.59 Å². The zero-order valence-electron chi connectivity index (χ0n) is 9.91. The van der Waals surface area contributed by atoms with Crippen molar-refractivity contribution in [1.82, 2.24) is 10.6 Å². The largest absolute Gasteiger partial charge is 0.383 e. The minimum atomic E-state index is -0.339. The fourth-order valence-electron chi connectivity index (χ4n) is 1.28. The topological polar surface area (TPSA) is 93.5 Å². The van der Waals surface area contributed by atoms with Crippen LogP contribution >= 0.6 is 0 Å². The van der Waals surface area contributed by atoms with Crippen LogP contribution in [-0.4, -0.2) is 44.7 Å².